The zero-order valence-electron chi connectivity index (χ0n) is 11.5. The molecule has 118 valence electrons. The van der Waals surface area contributed by atoms with Crippen LogP contribution in [0.15, 0.2) is 11.7 Å². The highest BCUT2D eigenvalue weighted by atomic mass is 35.5. The molecule has 1 saturated heterocycles. The van der Waals surface area contributed by atoms with Crippen LogP contribution in [-0.2, 0) is 11.3 Å². The number of amides is 2. The topological polar surface area (TPSA) is 72.3 Å². The predicted molar refractivity (Wildman–Crippen MR) is 84.9 cm³/mol. The number of urea groups is 1. The van der Waals surface area contributed by atoms with Gasteiger partial charge in [0, 0.05) is 18.5 Å². The maximum atomic E-state index is 12.1. The van der Waals surface area contributed by atoms with Crippen LogP contribution >= 0.6 is 34.5 Å². The smallest absolute Gasteiger partial charge is 0.323 e. The molecule has 3 heterocycles. The summed E-state index contributed by atoms with van der Waals surface area (Å²) >= 11 is 13.2. The first-order valence-corrected chi connectivity index (χ1v) is 8.21. The van der Waals surface area contributed by atoms with Crippen molar-refractivity contribution in [2.24, 2.45) is 0 Å². The number of hydrogen-bond donors (Lipinski definition) is 1. The lowest BCUT2D eigenvalue weighted by Crippen LogP contribution is -2.43. The Morgan fingerprint density at radius 1 is 1.41 bits per heavy atom. The molecule has 0 aromatic carbocycles. The lowest BCUT2D eigenvalue weighted by atomic mass is 10.4. The minimum absolute atomic E-state index is 0.163. The highest BCUT2D eigenvalue weighted by Gasteiger charge is 2.18. The summed E-state index contributed by atoms with van der Waals surface area (Å²) in [6.45, 7) is 2.76. The van der Waals surface area contributed by atoms with E-state index in [4.69, 9.17) is 27.9 Å². The molecule has 1 N–H and O–H groups in total. The molecule has 0 spiro atoms. The van der Waals surface area contributed by atoms with Gasteiger partial charge in [-0.3, -0.25) is 5.32 Å². The van der Waals surface area contributed by atoms with Gasteiger partial charge in [0.15, 0.2) is 5.15 Å². The highest BCUT2D eigenvalue weighted by molar-refractivity contribution is 7.10. The monoisotopic (exact) mass is 361 g/mol. The van der Waals surface area contributed by atoms with Crippen molar-refractivity contribution >= 4 is 46.4 Å². The Morgan fingerprint density at radius 3 is 2.86 bits per heavy atom. The summed E-state index contributed by atoms with van der Waals surface area (Å²) < 4.78 is 6.91. The maximum absolute atomic E-state index is 12.1. The molecule has 0 saturated carbocycles. The summed E-state index contributed by atoms with van der Waals surface area (Å²) in [6.07, 6.45) is 1.55. The normalized spacial score (nSPS) is 15.1. The number of aromatic nitrogens is 3. The zero-order chi connectivity index (χ0) is 15.5. The van der Waals surface area contributed by atoms with E-state index in [0.29, 0.717) is 43.8 Å². The van der Waals surface area contributed by atoms with E-state index in [0.717, 1.165) is 5.01 Å². The number of morpholine rings is 1. The number of carbonyl (C=O) groups is 1. The third-order valence-electron chi connectivity index (χ3n) is 3.12. The van der Waals surface area contributed by atoms with Gasteiger partial charge >= 0.3 is 6.03 Å². The molecule has 7 nitrogen and oxygen atoms in total. The van der Waals surface area contributed by atoms with Crippen LogP contribution in [0.5, 0.6) is 0 Å². The molecule has 3 rings (SSSR count). The molecule has 2 aromatic rings. The molecule has 2 aromatic heterocycles. The van der Waals surface area contributed by atoms with Gasteiger partial charge < -0.3 is 14.2 Å². The Labute approximate surface area is 140 Å². The quantitative estimate of drug-likeness (QED) is 0.911. The van der Waals surface area contributed by atoms with Crippen LogP contribution in [0, 0.1) is 0 Å². The largest absolute Gasteiger partial charge is 0.378 e. The lowest BCUT2D eigenvalue weighted by Gasteiger charge is -2.26. The number of rotatable bonds is 3. The van der Waals surface area contributed by atoms with Gasteiger partial charge in [0.1, 0.15) is 16.0 Å². The second-order valence-corrected chi connectivity index (χ2v) is 6.27. The molecule has 22 heavy (non-hydrogen) atoms. The molecule has 0 bridgehead atoms. The van der Waals surface area contributed by atoms with Crippen LogP contribution in [0.4, 0.5) is 10.6 Å². The fourth-order valence-corrected chi connectivity index (χ4v) is 3.02. The summed E-state index contributed by atoms with van der Waals surface area (Å²) in [7, 11) is 0. The fraction of sp³-hybridized carbons (Fsp3) is 0.417. The summed E-state index contributed by atoms with van der Waals surface area (Å²) in [5.41, 5.74) is 0. The van der Waals surface area contributed by atoms with Crippen molar-refractivity contribution in [1.29, 1.82) is 0 Å². The maximum Gasteiger partial charge on any atom is 0.323 e. The van der Waals surface area contributed by atoms with Crippen molar-refractivity contribution < 1.29 is 9.53 Å². The van der Waals surface area contributed by atoms with E-state index in [1.165, 1.54) is 11.3 Å². The first-order valence-electron chi connectivity index (χ1n) is 6.57. The number of hydrogen-bond acceptors (Lipinski definition) is 5. The second-order valence-electron chi connectivity index (χ2n) is 4.61. The predicted octanol–water partition coefficient (Wildman–Crippen LogP) is 2.56. The van der Waals surface area contributed by atoms with Crippen molar-refractivity contribution in [3.8, 4) is 0 Å². The van der Waals surface area contributed by atoms with Crippen LogP contribution in [0.25, 0.3) is 0 Å². The molecular weight excluding hydrogens is 349 g/mol. The van der Waals surface area contributed by atoms with E-state index in [1.54, 1.807) is 21.2 Å². The molecule has 0 atom stereocenters. The number of thiazole rings is 1. The van der Waals surface area contributed by atoms with E-state index in [-0.39, 0.29) is 11.2 Å². The summed E-state index contributed by atoms with van der Waals surface area (Å²) in [5, 5.41) is 6.01. The molecule has 1 fully saturated rings. The third kappa shape index (κ3) is 3.52. The molecule has 1 aliphatic rings. The number of imidazole rings is 1. The standard InChI is InChI=1S/C12H13Cl2N5O2S/c13-10-11(14)19(7-15-10)5-9-16-8(6-22-9)17-12(20)18-1-3-21-4-2-18/h6-7H,1-5H2,(H,17,20). The van der Waals surface area contributed by atoms with Gasteiger partial charge in [-0.05, 0) is 0 Å². The number of halogens is 2. The van der Waals surface area contributed by atoms with E-state index >= 15 is 0 Å². The first-order chi connectivity index (χ1) is 10.6. The highest BCUT2D eigenvalue weighted by Crippen LogP contribution is 2.22. The van der Waals surface area contributed by atoms with Gasteiger partial charge in [-0.15, -0.1) is 11.3 Å². The molecule has 2 amide bonds. The van der Waals surface area contributed by atoms with Crippen LogP contribution in [0.1, 0.15) is 5.01 Å². The zero-order valence-corrected chi connectivity index (χ0v) is 13.8. The first kappa shape index (κ1) is 15.5. The van der Waals surface area contributed by atoms with Gasteiger partial charge in [-0.2, -0.15) is 0 Å². The Bertz CT molecular complexity index is 668. The van der Waals surface area contributed by atoms with E-state index in [9.17, 15) is 4.79 Å². The average Bonchev–Trinajstić information content (AvgIpc) is 3.10. The molecule has 1 aliphatic heterocycles. The Hall–Kier alpha value is -1.35. The van der Waals surface area contributed by atoms with Crippen molar-refractivity contribution in [3.63, 3.8) is 0 Å². The molecule has 0 radical (unpaired) electrons. The SMILES string of the molecule is O=C(Nc1csc(Cn2cnc(Cl)c2Cl)n1)N1CCOCC1. The second kappa shape index (κ2) is 6.82. The minimum atomic E-state index is -0.163. The van der Waals surface area contributed by atoms with Gasteiger partial charge in [0.25, 0.3) is 0 Å². The van der Waals surface area contributed by atoms with Gasteiger partial charge in [-0.1, -0.05) is 23.2 Å². The van der Waals surface area contributed by atoms with Gasteiger partial charge in [-0.25, -0.2) is 14.8 Å². The number of nitrogens with zero attached hydrogens (tertiary/aromatic N) is 4. The Kier molecular flexibility index (Phi) is 4.82. The molecule has 0 aliphatic carbocycles. The van der Waals surface area contributed by atoms with E-state index in [2.05, 4.69) is 15.3 Å². The Balaban J connectivity index is 1.61. The van der Waals surface area contributed by atoms with Crippen LogP contribution < -0.4 is 5.32 Å². The van der Waals surface area contributed by atoms with Crippen LogP contribution in [0.3, 0.4) is 0 Å². The fourth-order valence-electron chi connectivity index (χ4n) is 1.99. The van der Waals surface area contributed by atoms with Crippen molar-refractivity contribution in [2.75, 3.05) is 31.6 Å². The average molecular weight is 362 g/mol. The summed E-state index contributed by atoms with van der Waals surface area (Å²) in [6, 6.07) is -0.163. The number of carbonyl (C=O) groups excluding carboxylic acids is 1. The van der Waals surface area contributed by atoms with Crippen molar-refractivity contribution in [3.05, 3.63) is 27.0 Å². The van der Waals surface area contributed by atoms with E-state index < -0.39 is 0 Å². The van der Waals surface area contributed by atoms with Crippen molar-refractivity contribution in [2.45, 2.75) is 6.54 Å². The van der Waals surface area contributed by atoms with Crippen molar-refractivity contribution in [1.82, 2.24) is 19.4 Å². The number of ether oxygens (including phenoxy) is 1. The number of nitrogens with one attached hydrogen (secondary N) is 1. The Morgan fingerprint density at radius 2 is 2.18 bits per heavy atom. The molecular formula is C12H13Cl2N5O2S. The summed E-state index contributed by atoms with van der Waals surface area (Å²) in [5.74, 6) is 0.527. The van der Waals surface area contributed by atoms with Crippen LogP contribution in [0.2, 0.25) is 10.3 Å². The number of anilines is 1. The van der Waals surface area contributed by atoms with Crippen LogP contribution in [-0.4, -0.2) is 51.8 Å². The molecule has 0 unspecified atom stereocenters. The van der Waals surface area contributed by atoms with Gasteiger partial charge in [0.05, 0.1) is 26.1 Å². The molecule has 10 heteroatoms. The van der Waals surface area contributed by atoms with E-state index in [1.807, 2.05) is 0 Å². The van der Waals surface area contributed by atoms with Gasteiger partial charge in [0.2, 0.25) is 0 Å². The lowest BCUT2D eigenvalue weighted by molar-refractivity contribution is 0.0564. The third-order valence-corrected chi connectivity index (χ3v) is 4.73. The summed E-state index contributed by atoms with van der Waals surface area (Å²) in [4.78, 5) is 22.0. The minimum Gasteiger partial charge on any atom is -0.378 e.